The van der Waals surface area contributed by atoms with Gasteiger partial charge in [0.25, 0.3) is 0 Å². The molecule has 0 amide bonds. The van der Waals surface area contributed by atoms with E-state index in [1.54, 1.807) is 12.1 Å². The van der Waals surface area contributed by atoms with Crippen molar-refractivity contribution in [2.45, 2.75) is 0 Å². The largest absolute Gasteiger partial charge is 0.235 e. The normalized spacial score (nSPS) is 10.7. The summed E-state index contributed by atoms with van der Waals surface area (Å²) >= 11 is 15.1. The molecule has 0 N–H and O–H groups in total. The Balaban J connectivity index is 2.94. The standard InChI is InChI=1S/C8H3BrCl2N2/c9-6-2-4(10)1-5-7(6)12-3-13-8(5)11/h1-3H. The molecule has 1 heterocycles. The minimum absolute atomic E-state index is 0.410. The van der Waals surface area contributed by atoms with Crippen LogP contribution in [-0.2, 0) is 0 Å². The molecule has 2 rings (SSSR count). The summed E-state index contributed by atoms with van der Waals surface area (Å²) < 4.78 is 0.819. The molecule has 0 aliphatic heterocycles. The summed E-state index contributed by atoms with van der Waals surface area (Å²) in [6, 6.07) is 3.51. The van der Waals surface area contributed by atoms with Crippen LogP contribution in [0.15, 0.2) is 22.9 Å². The lowest BCUT2D eigenvalue weighted by molar-refractivity contribution is 1.22. The van der Waals surface area contributed by atoms with Crippen molar-refractivity contribution in [3.8, 4) is 0 Å². The van der Waals surface area contributed by atoms with Crippen molar-refractivity contribution in [1.29, 1.82) is 0 Å². The molecule has 0 radical (unpaired) electrons. The predicted molar refractivity (Wildman–Crippen MR) is 57.3 cm³/mol. The van der Waals surface area contributed by atoms with Crippen LogP contribution in [0.2, 0.25) is 10.2 Å². The summed E-state index contributed by atoms with van der Waals surface area (Å²) in [6.07, 6.45) is 1.42. The molecule has 0 aliphatic carbocycles. The Morgan fingerprint density at radius 2 is 1.92 bits per heavy atom. The first-order valence-corrected chi connectivity index (χ1v) is 4.98. The van der Waals surface area contributed by atoms with E-state index in [0.717, 1.165) is 15.4 Å². The summed E-state index contributed by atoms with van der Waals surface area (Å²) in [5.41, 5.74) is 0.768. The van der Waals surface area contributed by atoms with Gasteiger partial charge in [-0.15, -0.1) is 0 Å². The summed E-state index contributed by atoms with van der Waals surface area (Å²) in [7, 11) is 0. The van der Waals surface area contributed by atoms with Crippen LogP contribution in [0, 0.1) is 0 Å². The number of nitrogens with zero attached hydrogens (tertiary/aromatic N) is 2. The lowest BCUT2D eigenvalue weighted by Gasteiger charge is -2.01. The first-order chi connectivity index (χ1) is 6.18. The topological polar surface area (TPSA) is 25.8 Å². The van der Waals surface area contributed by atoms with Gasteiger partial charge in [0.2, 0.25) is 0 Å². The van der Waals surface area contributed by atoms with E-state index in [2.05, 4.69) is 25.9 Å². The smallest absolute Gasteiger partial charge is 0.140 e. The second kappa shape index (κ2) is 3.40. The first kappa shape index (κ1) is 9.19. The molecule has 0 fully saturated rings. The van der Waals surface area contributed by atoms with Crippen LogP contribution in [-0.4, -0.2) is 9.97 Å². The molecule has 0 atom stereocenters. The zero-order chi connectivity index (χ0) is 9.42. The molecule has 1 aromatic carbocycles. The Hall–Kier alpha value is -0.380. The molecule has 2 aromatic rings. The van der Waals surface area contributed by atoms with Crippen molar-refractivity contribution in [2.24, 2.45) is 0 Å². The van der Waals surface area contributed by atoms with Crippen LogP contribution in [0.3, 0.4) is 0 Å². The highest BCUT2D eigenvalue weighted by Crippen LogP contribution is 2.29. The number of rotatable bonds is 0. The molecule has 13 heavy (non-hydrogen) atoms. The number of hydrogen-bond donors (Lipinski definition) is 0. The number of fused-ring (bicyclic) bond motifs is 1. The van der Waals surface area contributed by atoms with Gasteiger partial charge in [-0.1, -0.05) is 23.2 Å². The van der Waals surface area contributed by atoms with Crippen LogP contribution >= 0.6 is 39.1 Å². The maximum atomic E-state index is 5.87. The van der Waals surface area contributed by atoms with Crippen LogP contribution in [0.25, 0.3) is 10.9 Å². The van der Waals surface area contributed by atoms with Crippen LogP contribution in [0.4, 0.5) is 0 Å². The predicted octanol–water partition coefficient (Wildman–Crippen LogP) is 3.70. The number of aromatic nitrogens is 2. The van der Waals surface area contributed by atoms with Gasteiger partial charge in [-0.3, -0.25) is 0 Å². The number of benzene rings is 1. The molecule has 0 bridgehead atoms. The van der Waals surface area contributed by atoms with Gasteiger partial charge in [-0.05, 0) is 28.1 Å². The van der Waals surface area contributed by atoms with E-state index >= 15 is 0 Å². The van der Waals surface area contributed by atoms with Crippen molar-refractivity contribution in [3.63, 3.8) is 0 Å². The Morgan fingerprint density at radius 1 is 1.15 bits per heavy atom. The van der Waals surface area contributed by atoms with E-state index in [1.165, 1.54) is 6.33 Å². The van der Waals surface area contributed by atoms with Crippen molar-refractivity contribution < 1.29 is 0 Å². The Morgan fingerprint density at radius 3 is 2.69 bits per heavy atom. The van der Waals surface area contributed by atoms with Gasteiger partial charge in [0.05, 0.1) is 5.52 Å². The Labute approximate surface area is 93.0 Å². The molecule has 1 aromatic heterocycles. The van der Waals surface area contributed by atoms with Gasteiger partial charge < -0.3 is 0 Å². The molecular formula is C8H3BrCl2N2. The van der Waals surface area contributed by atoms with E-state index in [-0.39, 0.29) is 0 Å². The van der Waals surface area contributed by atoms with Crippen LogP contribution in [0.1, 0.15) is 0 Å². The Bertz CT molecular complexity index is 473. The second-order valence-electron chi connectivity index (χ2n) is 2.45. The van der Waals surface area contributed by atoms with Crippen molar-refractivity contribution >= 4 is 50.0 Å². The van der Waals surface area contributed by atoms with Crippen molar-refractivity contribution in [2.75, 3.05) is 0 Å². The number of hydrogen-bond acceptors (Lipinski definition) is 2. The van der Waals surface area contributed by atoms with Gasteiger partial charge in [0.1, 0.15) is 11.5 Å². The van der Waals surface area contributed by atoms with Crippen LogP contribution < -0.4 is 0 Å². The van der Waals surface area contributed by atoms with E-state index in [9.17, 15) is 0 Å². The van der Waals surface area contributed by atoms with Gasteiger partial charge >= 0.3 is 0 Å². The average Bonchev–Trinajstić information content (AvgIpc) is 2.07. The fourth-order valence-corrected chi connectivity index (χ4v) is 2.16. The zero-order valence-corrected chi connectivity index (χ0v) is 9.36. The molecular weight excluding hydrogens is 275 g/mol. The maximum absolute atomic E-state index is 5.87. The molecule has 66 valence electrons. The highest BCUT2D eigenvalue weighted by molar-refractivity contribution is 9.10. The van der Waals surface area contributed by atoms with Gasteiger partial charge in [0, 0.05) is 14.9 Å². The summed E-state index contributed by atoms with van der Waals surface area (Å²) in [5.74, 6) is 0. The summed E-state index contributed by atoms with van der Waals surface area (Å²) in [4.78, 5) is 7.95. The number of halogens is 3. The highest BCUT2D eigenvalue weighted by Gasteiger charge is 2.05. The lowest BCUT2D eigenvalue weighted by atomic mass is 10.2. The molecule has 2 nitrogen and oxygen atoms in total. The van der Waals surface area contributed by atoms with E-state index in [4.69, 9.17) is 23.2 Å². The lowest BCUT2D eigenvalue weighted by Crippen LogP contribution is -1.84. The quantitative estimate of drug-likeness (QED) is 0.686. The van der Waals surface area contributed by atoms with Gasteiger partial charge in [0.15, 0.2) is 0 Å². The minimum atomic E-state index is 0.410. The summed E-state index contributed by atoms with van der Waals surface area (Å²) in [5, 5.41) is 1.77. The fraction of sp³-hybridized carbons (Fsp3) is 0. The van der Waals surface area contributed by atoms with E-state index in [1.807, 2.05) is 0 Å². The van der Waals surface area contributed by atoms with Gasteiger partial charge in [-0.2, -0.15) is 0 Å². The maximum Gasteiger partial charge on any atom is 0.140 e. The summed E-state index contributed by atoms with van der Waals surface area (Å²) in [6.45, 7) is 0. The Kier molecular flexibility index (Phi) is 2.41. The van der Waals surface area contributed by atoms with Crippen molar-refractivity contribution in [1.82, 2.24) is 9.97 Å². The zero-order valence-electron chi connectivity index (χ0n) is 6.26. The SMILES string of the molecule is Clc1cc(Br)c2ncnc(Cl)c2c1. The third kappa shape index (κ3) is 1.64. The molecule has 0 aliphatic rings. The average molecular weight is 278 g/mol. The van der Waals surface area contributed by atoms with E-state index in [0.29, 0.717) is 10.2 Å². The third-order valence-electron chi connectivity index (χ3n) is 1.61. The third-order valence-corrected chi connectivity index (χ3v) is 2.73. The minimum Gasteiger partial charge on any atom is -0.235 e. The first-order valence-electron chi connectivity index (χ1n) is 3.44. The molecule has 0 spiro atoms. The molecule has 0 unspecified atom stereocenters. The van der Waals surface area contributed by atoms with Gasteiger partial charge in [-0.25, -0.2) is 9.97 Å². The molecule has 5 heteroatoms. The van der Waals surface area contributed by atoms with E-state index < -0.39 is 0 Å². The fourth-order valence-electron chi connectivity index (χ4n) is 1.06. The van der Waals surface area contributed by atoms with Crippen LogP contribution in [0.5, 0.6) is 0 Å². The molecule has 0 saturated carbocycles. The molecule has 0 saturated heterocycles. The van der Waals surface area contributed by atoms with Crippen molar-refractivity contribution in [3.05, 3.63) is 33.1 Å². The monoisotopic (exact) mass is 276 g/mol. The highest BCUT2D eigenvalue weighted by atomic mass is 79.9. The second-order valence-corrected chi connectivity index (χ2v) is 4.10.